The first kappa shape index (κ1) is 20.7. The monoisotopic (exact) mass is 408 g/mol. The summed E-state index contributed by atoms with van der Waals surface area (Å²) in [4.78, 5) is 11.7. The topological polar surface area (TPSA) is 46.5 Å². The van der Waals surface area contributed by atoms with Crippen molar-refractivity contribution in [1.29, 1.82) is 0 Å². The van der Waals surface area contributed by atoms with E-state index in [1.807, 2.05) is 61.5 Å². The van der Waals surface area contributed by atoms with Gasteiger partial charge in [0, 0.05) is 16.2 Å². The minimum atomic E-state index is -1.01. The highest BCUT2D eigenvalue weighted by atomic mass is 32.2. The molecule has 3 nitrogen and oxygen atoms in total. The molecule has 3 aromatic carbocycles. The predicted octanol–water partition coefficient (Wildman–Crippen LogP) is 5.82. The van der Waals surface area contributed by atoms with Gasteiger partial charge in [0.15, 0.2) is 6.61 Å². The van der Waals surface area contributed by atoms with E-state index in [0.29, 0.717) is 17.1 Å². The number of halogens is 1. The Morgan fingerprint density at radius 3 is 2.48 bits per heavy atom. The quantitative estimate of drug-likeness (QED) is 0.477. The number of carboxylic acids is 1. The number of ether oxygens (including phenoxy) is 1. The van der Waals surface area contributed by atoms with Crippen LogP contribution in [0.25, 0.3) is 5.57 Å². The van der Waals surface area contributed by atoms with Crippen LogP contribution in [0, 0.1) is 12.7 Å². The Kier molecular flexibility index (Phi) is 7.09. The molecule has 3 rings (SSSR count). The minimum absolute atomic E-state index is 0.247. The molecule has 0 heterocycles. The first-order valence-electron chi connectivity index (χ1n) is 9.13. The first-order valence-corrected chi connectivity index (χ1v) is 10.1. The molecule has 0 aliphatic rings. The number of carbonyl (C=O) groups is 1. The van der Waals surface area contributed by atoms with E-state index in [0.717, 1.165) is 21.6 Å². The van der Waals surface area contributed by atoms with Crippen molar-refractivity contribution in [2.24, 2.45) is 0 Å². The molecule has 29 heavy (non-hydrogen) atoms. The number of rotatable bonds is 8. The average Bonchev–Trinajstić information content (AvgIpc) is 2.72. The Morgan fingerprint density at radius 2 is 1.79 bits per heavy atom. The molecular weight excluding hydrogens is 387 g/mol. The third kappa shape index (κ3) is 5.72. The Bertz CT molecular complexity index is 1020. The van der Waals surface area contributed by atoms with Gasteiger partial charge in [-0.3, -0.25) is 0 Å². The maximum atomic E-state index is 14.4. The second-order valence-corrected chi connectivity index (χ2v) is 7.48. The fourth-order valence-electron chi connectivity index (χ4n) is 2.91. The maximum absolute atomic E-state index is 14.4. The van der Waals surface area contributed by atoms with Crippen LogP contribution in [-0.4, -0.2) is 23.4 Å². The molecule has 3 aromatic rings. The molecule has 0 aliphatic carbocycles. The highest BCUT2D eigenvalue weighted by Gasteiger charge is 2.10. The van der Waals surface area contributed by atoms with Crippen LogP contribution in [0.15, 0.2) is 83.8 Å². The van der Waals surface area contributed by atoms with Gasteiger partial charge in [0.2, 0.25) is 0 Å². The molecule has 0 spiro atoms. The van der Waals surface area contributed by atoms with Crippen LogP contribution >= 0.6 is 11.8 Å². The van der Waals surface area contributed by atoms with Crippen LogP contribution in [0.4, 0.5) is 4.39 Å². The molecule has 1 N–H and O–H groups in total. The standard InChI is InChI=1S/C24H21FO3S/c1-17-15-19(11-12-23(17)28-16-24(26)27)29-14-13-20(18-7-3-2-4-8-18)21-9-5-6-10-22(21)25/h2-13,15H,14,16H2,1H3,(H,26,27)/b20-13-. The van der Waals surface area contributed by atoms with Gasteiger partial charge in [-0.05, 0) is 47.9 Å². The van der Waals surface area contributed by atoms with Gasteiger partial charge in [-0.15, -0.1) is 11.8 Å². The van der Waals surface area contributed by atoms with E-state index in [9.17, 15) is 9.18 Å². The van der Waals surface area contributed by atoms with Gasteiger partial charge >= 0.3 is 5.97 Å². The summed E-state index contributed by atoms with van der Waals surface area (Å²) in [5, 5.41) is 8.73. The molecule has 0 unspecified atom stereocenters. The second kappa shape index (κ2) is 9.94. The summed E-state index contributed by atoms with van der Waals surface area (Å²) in [6, 6.07) is 22.2. The van der Waals surface area contributed by atoms with Gasteiger partial charge in [0.25, 0.3) is 0 Å². The van der Waals surface area contributed by atoms with E-state index in [4.69, 9.17) is 9.84 Å². The molecule has 0 aliphatic heterocycles. The van der Waals surface area contributed by atoms with Crippen LogP contribution in [0.3, 0.4) is 0 Å². The number of carboxylic acid groups (broad SMARTS) is 1. The average molecular weight is 408 g/mol. The fourth-order valence-corrected chi connectivity index (χ4v) is 3.78. The molecule has 0 bridgehead atoms. The predicted molar refractivity (Wildman–Crippen MR) is 115 cm³/mol. The van der Waals surface area contributed by atoms with Crippen LogP contribution in [0.5, 0.6) is 5.75 Å². The lowest BCUT2D eigenvalue weighted by molar-refractivity contribution is -0.139. The lowest BCUT2D eigenvalue weighted by Crippen LogP contribution is -2.09. The number of benzene rings is 3. The van der Waals surface area contributed by atoms with Crippen LogP contribution in [-0.2, 0) is 4.79 Å². The first-order chi connectivity index (χ1) is 14.0. The van der Waals surface area contributed by atoms with E-state index >= 15 is 0 Å². The van der Waals surface area contributed by atoms with Gasteiger partial charge in [-0.2, -0.15) is 0 Å². The Labute approximate surface area is 173 Å². The fraction of sp³-hybridized carbons (Fsp3) is 0.125. The Hall–Kier alpha value is -3.05. The van der Waals surface area contributed by atoms with Gasteiger partial charge in [0.1, 0.15) is 11.6 Å². The molecule has 0 fully saturated rings. The summed E-state index contributed by atoms with van der Waals surface area (Å²) < 4.78 is 19.7. The van der Waals surface area contributed by atoms with Crippen LogP contribution in [0.2, 0.25) is 0 Å². The van der Waals surface area contributed by atoms with Crippen molar-refractivity contribution in [2.75, 3.05) is 12.4 Å². The van der Waals surface area contributed by atoms with E-state index in [1.165, 1.54) is 6.07 Å². The van der Waals surface area contributed by atoms with E-state index in [1.54, 1.807) is 30.0 Å². The van der Waals surface area contributed by atoms with Crippen molar-refractivity contribution in [2.45, 2.75) is 11.8 Å². The summed E-state index contributed by atoms with van der Waals surface area (Å²) in [7, 11) is 0. The lowest BCUT2D eigenvalue weighted by atomic mass is 9.97. The van der Waals surface area contributed by atoms with Crippen molar-refractivity contribution < 1.29 is 19.0 Å². The third-order valence-electron chi connectivity index (χ3n) is 4.28. The summed E-state index contributed by atoms with van der Waals surface area (Å²) in [6.45, 7) is 1.52. The van der Waals surface area contributed by atoms with E-state index in [-0.39, 0.29) is 12.4 Å². The molecule has 0 saturated heterocycles. The maximum Gasteiger partial charge on any atom is 0.341 e. The highest BCUT2D eigenvalue weighted by molar-refractivity contribution is 7.99. The largest absolute Gasteiger partial charge is 0.482 e. The molecule has 0 aromatic heterocycles. The van der Waals surface area contributed by atoms with Crippen molar-refractivity contribution in [3.05, 3.63) is 101 Å². The summed E-state index contributed by atoms with van der Waals surface area (Å²) in [6.07, 6.45) is 2.03. The normalized spacial score (nSPS) is 11.3. The van der Waals surface area contributed by atoms with Crippen LogP contribution in [0.1, 0.15) is 16.7 Å². The number of aliphatic carboxylic acids is 1. The van der Waals surface area contributed by atoms with Gasteiger partial charge in [-0.1, -0.05) is 54.6 Å². The number of hydrogen-bond donors (Lipinski definition) is 1. The third-order valence-corrected chi connectivity index (χ3v) is 5.20. The lowest BCUT2D eigenvalue weighted by Gasteiger charge is -2.11. The summed E-state index contributed by atoms with van der Waals surface area (Å²) in [5.74, 6) is -0.0329. The van der Waals surface area contributed by atoms with Crippen molar-refractivity contribution >= 4 is 23.3 Å². The van der Waals surface area contributed by atoms with E-state index in [2.05, 4.69) is 0 Å². The second-order valence-electron chi connectivity index (χ2n) is 6.38. The van der Waals surface area contributed by atoms with Crippen molar-refractivity contribution in [3.63, 3.8) is 0 Å². The smallest absolute Gasteiger partial charge is 0.341 e. The number of aryl methyl sites for hydroxylation is 1. The van der Waals surface area contributed by atoms with Crippen LogP contribution < -0.4 is 4.74 Å². The zero-order valence-electron chi connectivity index (χ0n) is 16.0. The van der Waals surface area contributed by atoms with Crippen molar-refractivity contribution in [1.82, 2.24) is 0 Å². The summed E-state index contributed by atoms with van der Waals surface area (Å²) in [5.41, 5.74) is 3.27. The Morgan fingerprint density at radius 1 is 1.07 bits per heavy atom. The molecule has 0 amide bonds. The van der Waals surface area contributed by atoms with Crippen molar-refractivity contribution in [3.8, 4) is 5.75 Å². The zero-order chi connectivity index (χ0) is 20.6. The van der Waals surface area contributed by atoms with Gasteiger partial charge in [0.05, 0.1) is 0 Å². The molecule has 148 valence electrons. The highest BCUT2D eigenvalue weighted by Crippen LogP contribution is 2.29. The molecule has 5 heteroatoms. The minimum Gasteiger partial charge on any atom is -0.482 e. The van der Waals surface area contributed by atoms with Gasteiger partial charge < -0.3 is 9.84 Å². The summed E-state index contributed by atoms with van der Waals surface area (Å²) >= 11 is 1.62. The molecule has 0 radical (unpaired) electrons. The van der Waals surface area contributed by atoms with Gasteiger partial charge in [-0.25, -0.2) is 9.18 Å². The SMILES string of the molecule is Cc1cc(SC/C=C(/c2ccccc2)c2ccccc2F)ccc1OCC(=O)O. The number of thioether (sulfide) groups is 1. The Balaban J connectivity index is 1.78. The zero-order valence-corrected chi connectivity index (χ0v) is 16.8. The number of hydrogen-bond acceptors (Lipinski definition) is 3. The van der Waals surface area contributed by atoms with E-state index < -0.39 is 5.97 Å². The molecule has 0 atom stereocenters. The molecular formula is C24H21FO3S. The molecule has 0 saturated carbocycles.